The Morgan fingerprint density at radius 2 is 1.88 bits per heavy atom. The van der Waals surface area contributed by atoms with Crippen LogP contribution in [0.15, 0.2) is 53.3 Å². The van der Waals surface area contributed by atoms with Crippen LogP contribution in [0.1, 0.15) is 68.2 Å². The van der Waals surface area contributed by atoms with Gasteiger partial charge in [-0.1, -0.05) is 56.5 Å². The predicted molar refractivity (Wildman–Crippen MR) is 134 cm³/mol. The van der Waals surface area contributed by atoms with Crippen LogP contribution in [0.25, 0.3) is 0 Å². The van der Waals surface area contributed by atoms with Gasteiger partial charge in [-0.15, -0.1) is 0 Å². The zero-order valence-electron chi connectivity index (χ0n) is 18.4. The number of hydrogen-bond acceptors (Lipinski definition) is 3. The van der Waals surface area contributed by atoms with Gasteiger partial charge in [0.15, 0.2) is 0 Å². The van der Waals surface area contributed by atoms with Crippen LogP contribution in [0.3, 0.4) is 0 Å². The number of H-pyrrole nitrogens is 1. The summed E-state index contributed by atoms with van der Waals surface area (Å²) in [4.78, 5) is 29.3. The third kappa shape index (κ3) is 5.00. The molecule has 8 heteroatoms. The first-order chi connectivity index (χ1) is 15.9. The summed E-state index contributed by atoms with van der Waals surface area (Å²) in [6, 6.07) is 12.7. The summed E-state index contributed by atoms with van der Waals surface area (Å²) >= 11 is 1.99. The molecular weight excluding hydrogens is 536 g/mol. The van der Waals surface area contributed by atoms with Gasteiger partial charge in [-0.2, -0.15) is 0 Å². The van der Waals surface area contributed by atoms with E-state index in [1.807, 2.05) is 59.8 Å². The van der Waals surface area contributed by atoms with Crippen LogP contribution in [-0.2, 0) is 4.79 Å². The minimum absolute atomic E-state index is 0.0289. The van der Waals surface area contributed by atoms with E-state index in [0.29, 0.717) is 9.26 Å². The monoisotopic (exact) mass is 563 g/mol. The maximum absolute atomic E-state index is 14.5. The Balaban J connectivity index is 1.75. The molecule has 0 spiro atoms. The van der Waals surface area contributed by atoms with Crippen molar-refractivity contribution in [1.29, 1.82) is 0 Å². The third-order valence-electron chi connectivity index (χ3n) is 6.48. The minimum Gasteiger partial charge on any atom is -0.493 e. The number of halogens is 2. The van der Waals surface area contributed by atoms with Crippen molar-refractivity contribution in [3.05, 3.63) is 79.7 Å². The molecule has 3 aromatic rings. The van der Waals surface area contributed by atoms with Crippen molar-refractivity contribution in [2.45, 2.75) is 56.9 Å². The Labute approximate surface area is 205 Å². The first-order valence-electron chi connectivity index (χ1n) is 11.2. The summed E-state index contributed by atoms with van der Waals surface area (Å²) in [7, 11) is 0. The number of amides is 1. The van der Waals surface area contributed by atoms with Crippen molar-refractivity contribution < 1.29 is 14.3 Å². The largest absolute Gasteiger partial charge is 0.493 e. The van der Waals surface area contributed by atoms with Crippen LogP contribution in [0.5, 0.6) is 5.88 Å². The second kappa shape index (κ2) is 10.1. The topological polar surface area (TPSA) is 87.1 Å². The summed E-state index contributed by atoms with van der Waals surface area (Å²) in [6.07, 6.45) is 4.97. The highest BCUT2D eigenvalue weighted by Crippen LogP contribution is 2.38. The van der Waals surface area contributed by atoms with Gasteiger partial charge in [0.2, 0.25) is 11.8 Å². The first-order valence-corrected chi connectivity index (χ1v) is 12.3. The molecule has 6 nitrogen and oxygen atoms in total. The number of rotatable bonds is 6. The molecule has 1 aromatic heterocycles. The summed E-state index contributed by atoms with van der Waals surface area (Å²) in [5.74, 6) is -1.75. The van der Waals surface area contributed by atoms with Gasteiger partial charge >= 0.3 is 5.69 Å². The molecule has 1 saturated carbocycles. The number of nitrogens with one attached hydrogen (secondary N) is 2. The first kappa shape index (κ1) is 23.5. The molecule has 1 heterocycles. The van der Waals surface area contributed by atoms with Crippen LogP contribution >= 0.6 is 22.6 Å². The maximum atomic E-state index is 14.5. The van der Waals surface area contributed by atoms with Crippen LogP contribution in [-0.4, -0.2) is 20.6 Å². The fraction of sp³-hybridized carbons (Fsp3) is 0.360. The Kier molecular flexibility index (Phi) is 7.21. The number of hydrogen-bond donors (Lipinski definition) is 3. The molecule has 174 valence electrons. The Morgan fingerprint density at radius 1 is 1.18 bits per heavy atom. The summed E-state index contributed by atoms with van der Waals surface area (Å²) in [5.41, 5.74) is 0.797. The molecule has 1 aliphatic carbocycles. The van der Waals surface area contributed by atoms with Crippen molar-refractivity contribution in [2.75, 3.05) is 5.32 Å². The van der Waals surface area contributed by atoms with Gasteiger partial charge in [0, 0.05) is 15.4 Å². The minimum atomic E-state index is -1.08. The number of aromatic hydroxyl groups is 1. The molecule has 0 aliphatic heterocycles. The second-order valence-electron chi connectivity index (χ2n) is 8.63. The second-order valence-corrected chi connectivity index (χ2v) is 9.88. The highest BCUT2D eigenvalue weighted by Gasteiger charge is 2.34. The molecule has 1 aliphatic rings. The average Bonchev–Trinajstić information content (AvgIpc) is 3.11. The zero-order chi connectivity index (χ0) is 23.5. The van der Waals surface area contributed by atoms with E-state index in [1.54, 1.807) is 6.07 Å². The molecule has 2 atom stereocenters. The van der Waals surface area contributed by atoms with E-state index in [9.17, 15) is 19.1 Å². The SMILES string of the molecule is C[C@@H](c1ccccc1)[C@@H](C(=O)Nc1ccc(I)cc1F)n1c(O)c(C2CCCCC2)[nH]c1=O. The number of aromatic nitrogens is 2. The molecule has 1 fully saturated rings. The molecule has 0 saturated heterocycles. The number of imidazole rings is 1. The van der Waals surface area contributed by atoms with Gasteiger partial charge in [-0.25, -0.2) is 13.8 Å². The molecule has 3 N–H and O–H groups in total. The normalized spacial score (nSPS) is 16.3. The molecule has 2 aromatic carbocycles. The van der Waals surface area contributed by atoms with Gasteiger partial charge < -0.3 is 15.4 Å². The number of nitrogens with zero attached hydrogens (tertiary/aromatic N) is 1. The molecule has 33 heavy (non-hydrogen) atoms. The third-order valence-corrected chi connectivity index (χ3v) is 7.15. The van der Waals surface area contributed by atoms with Gasteiger partial charge in [-0.3, -0.25) is 4.79 Å². The number of anilines is 1. The Hall–Kier alpha value is -2.62. The standard InChI is InChI=1S/C25H27FIN3O3/c1-15(16-8-4-2-5-9-16)22(23(31)28-20-13-12-18(27)14-19(20)26)30-24(32)21(29-25(30)33)17-10-6-3-7-11-17/h2,4-5,8-9,12-15,17,22,32H,3,6-7,10-11H2,1H3,(H,28,31)(H,29,33)/t15-,22-/m0/s1. The molecule has 0 bridgehead atoms. The van der Waals surface area contributed by atoms with Crippen LogP contribution in [0, 0.1) is 9.39 Å². The fourth-order valence-corrected chi connectivity index (χ4v) is 5.15. The van der Waals surface area contributed by atoms with Crippen LogP contribution in [0.4, 0.5) is 10.1 Å². The predicted octanol–water partition coefficient (Wildman–Crippen LogP) is 5.66. The Morgan fingerprint density at radius 3 is 2.55 bits per heavy atom. The lowest BCUT2D eigenvalue weighted by Crippen LogP contribution is -2.35. The zero-order valence-corrected chi connectivity index (χ0v) is 20.5. The van der Waals surface area contributed by atoms with Crippen molar-refractivity contribution >= 4 is 34.2 Å². The van der Waals surface area contributed by atoms with Gasteiger partial charge in [-0.05, 0) is 59.2 Å². The number of aromatic amines is 1. The summed E-state index contributed by atoms with van der Waals surface area (Å²) < 4.78 is 16.3. The smallest absolute Gasteiger partial charge is 0.329 e. The van der Waals surface area contributed by atoms with Crippen LogP contribution in [0.2, 0.25) is 0 Å². The molecular formula is C25H27FIN3O3. The number of benzene rings is 2. The van der Waals surface area contributed by atoms with Gasteiger partial charge in [0.05, 0.1) is 11.4 Å². The van der Waals surface area contributed by atoms with Crippen molar-refractivity contribution in [2.24, 2.45) is 0 Å². The lowest BCUT2D eigenvalue weighted by Gasteiger charge is -2.26. The van der Waals surface area contributed by atoms with Crippen molar-refractivity contribution in [3.8, 4) is 5.88 Å². The highest BCUT2D eigenvalue weighted by molar-refractivity contribution is 14.1. The van der Waals surface area contributed by atoms with Crippen molar-refractivity contribution in [1.82, 2.24) is 9.55 Å². The molecule has 1 amide bonds. The highest BCUT2D eigenvalue weighted by atomic mass is 127. The number of carbonyl (C=O) groups is 1. The van der Waals surface area contributed by atoms with E-state index in [1.165, 1.54) is 12.1 Å². The van der Waals surface area contributed by atoms with E-state index in [0.717, 1.165) is 42.2 Å². The van der Waals surface area contributed by atoms with E-state index in [2.05, 4.69) is 10.3 Å². The number of carbonyl (C=O) groups excluding carboxylic acids is 1. The van der Waals surface area contributed by atoms with E-state index >= 15 is 0 Å². The van der Waals surface area contributed by atoms with Crippen molar-refractivity contribution in [3.63, 3.8) is 0 Å². The average molecular weight is 563 g/mol. The van der Waals surface area contributed by atoms with Gasteiger partial charge in [0.25, 0.3) is 0 Å². The van der Waals surface area contributed by atoms with E-state index in [4.69, 9.17) is 0 Å². The van der Waals surface area contributed by atoms with Crippen LogP contribution < -0.4 is 11.0 Å². The lowest BCUT2D eigenvalue weighted by atomic mass is 9.87. The molecule has 4 rings (SSSR count). The van der Waals surface area contributed by atoms with E-state index < -0.39 is 29.4 Å². The fourth-order valence-electron chi connectivity index (χ4n) is 4.70. The molecule has 0 radical (unpaired) electrons. The Bertz CT molecular complexity index is 1190. The quantitative estimate of drug-likeness (QED) is 0.339. The van der Waals surface area contributed by atoms with E-state index in [-0.39, 0.29) is 17.5 Å². The summed E-state index contributed by atoms with van der Waals surface area (Å²) in [6.45, 7) is 1.82. The van der Waals surface area contributed by atoms with Gasteiger partial charge in [0.1, 0.15) is 11.9 Å². The maximum Gasteiger partial charge on any atom is 0.329 e. The molecule has 0 unspecified atom stereocenters. The lowest BCUT2D eigenvalue weighted by molar-refractivity contribution is -0.120. The summed E-state index contributed by atoms with van der Waals surface area (Å²) in [5, 5.41) is 13.7.